The van der Waals surface area contributed by atoms with E-state index >= 15 is 0 Å². The Hall–Kier alpha value is -3.90. The molecule has 0 saturated carbocycles. The number of imidazole rings is 1. The molecule has 10 nitrogen and oxygen atoms in total. The number of halogens is 1. The maximum absolute atomic E-state index is 14.8. The van der Waals surface area contributed by atoms with Crippen LogP contribution < -0.4 is 4.74 Å². The minimum absolute atomic E-state index is 0.0456. The van der Waals surface area contributed by atoms with Crippen LogP contribution in [0.25, 0.3) is 11.0 Å². The van der Waals surface area contributed by atoms with Crippen LogP contribution in [0.3, 0.4) is 0 Å². The number of piperidine rings is 1. The molecule has 1 N–H and O–H groups in total. The van der Waals surface area contributed by atoms with Gasteiger partial charge in [0.2, 0.25) is 5.88 Å². The first-order valence-corrected chi connectivity index (χ1v) is 15.5. The summed E-state index contributed by atoms with van der Waals surface area (Å²) in [5.41, 5.74) is 3.06. The Balaban J connectivity index is 0.984. The summed E-state index contributed by atoms with van der Waals surface area (Å²) in [6.07, 6.45) is 3.05. The quantitative estimate of drug-likeness (QED) is 0.261. The SMILES string of the molecule is COC(=O)c1ccc2nc(CN3CCC(c4cccc(OCc5ccc(C6(O)COC6)cc5F)n4)CC3)n(C[C@@H]3CCO3)c2c1. The average molecular weight is 617 g/mol. The Kier molecular flexibility index (Phi) is 8.26. The molecule has 11 heteroatoms. The van der Waals surface area contributed by atoms with E-state index in [1.54, 1.807) is 24.3 Å². The molecule has 236 valence electrons. The summed E-state index contributed by atoms with van der Waals surface area (Å²) in [4.78, 5) is 24.3. The number of hydrogen-bond donors (Lipinski definition) is 1. The topological polar surface area (TPSA) is 108 Å². The number of carbonyl (C=O) groups excluding carboxylic acids is 1. The lowest BCUT2D eigenvalue weighted by Gasteiger charge is -2.36. The fourth-order valence-electron chi connectivity index (χ4n) is 6.27. The smallest absolute Gasteiger partial charge is 0.337 e. The van der Waals surface area contributed by atoms with E-state index in [2.05, 4.69) is 9.47 Å². The van der Waals surface area contributed by atoms with Crippen LogP contribution in [0.4, 0.5) is 4.39 Å². The summed E-state index contributed by atoms with van der Waals surface area (Å²) in [6, 6.07) is 16.0. The van der Waals surface area contributed by atoms with Gasteiger partial charge in [0.05, 0.1) is 56.1 Å². The highest BCUT2D eigenvalue weighted by Crippen LogP contribution is 2.32. The van der Waals surface area contributed by atoms with Crippen molar-refractivity contribution in [3.05, 3.63) is 88.6 Å². The minimum Gasteiger partial charge on any atom is -0.473 e. The Morgan fingerprint density at radius 2 is 1.91 bits per heavy atom. The molecule has 5 heterocycles. The number of benzene rings is 2. The number of methoxy groups -OCH3 is 1. The molecule has 2 aromatic heterocycles. The molecule has 2 aromatic carbocycles. The minimum atomic E-state index is -1.11. The van der Waals surface area contributed by atoms with Crippen LogP contribution in [-0.4, -0.2) is 76.6 Å². The van der Waals surface area contributed by atoms with E-state index in [1.165, 1.54) is 13.2 Å². The number of esters is 1. The Bertz CT molecular complexity index is 1690. The zero-order valence-corrected chi connectivity index (χ0v) is 25.3. The van der Waals surface area contributed by atoms with Crippen molar-refractivity contribution in [2.24, 2.45) is 0 Å². The van der Waals surface area contributed by atoms with E-state index in [-0.39, 0.29) is 37.8 Å². The van der Waals surface area contributed by atoms with Crippen LogP contribution in [0.5, 0.6) is 5.88 Å². The van der Waals surface area contributed by atoms with Crippen molar-refractivity contribution in [1.29, 1.82) is 0 Å². The van der Waals surface area contributed by atoms with E-state index in [0.717, 1.165) is 61.5 Å². The summed E-state index contributed by atoms with van der Waals surface area (Å²) in [5, 5.41) is 10.4. The van der Waals surface area contributed by atoms with Crippen LogP contribution in [-0.2, 0) is 39.5 Å². The number of rotatable bonds is 10. The molecular weight excluding hydrogens is 579 g/mol. The second-order valence-corrected chi connectivity index (χ2v) is 12.2. The van der Waals surface area contributed by atoms with Gasteiger partial charge >= 0.3 is 5.97 Å². The lowest BCUT2D eigenvalue weighted by molar-refractivity contribution is -0.184. The van der Waals surface area contributed by atoms with E-state index in [4.69, 9.17) is 28.9 Å². The first kappa shape index (κ1) is 29.8. The van der Waals surface area contributed by atoms with Crippen molar-refractivity contribution in [2.45, 2.75) is 56.6 Å². The van der Waals surface area contributed by atoms with Gasteiger partial charge in [0.25, 0.3) is 0 Å². The zero-order chi connectivity index (χ0) is 31.0. The largest absolute Gasteiger partial charge is 0.473 e. The van der Waals surface area contributed by atoms with Crippen LogP contribution in [0.2, 0.25) is 0 Å². The van der Waals surface area contributed by atoms with Gasteiger partial charge in [0, 0.05) is 29.8 Å². The van der Waals surface area contributed by atoms with Gasteiger partial charge in [0.1, 0.15) is 23.8 Å². The van der Waals surface area contributed by atoms with Crippen LogP contribution in [0, 0.1) is 5.82 Å². The third-order valence-electron chi connectivity index (χ3n) is 9.19. The number of nitrogens with zero attached hydrogens (tertiary/aromatic N) is 4. The van der Waals surface area contributed by atoms with Crippen molar-refractivity contribution in [3.63, 3.8) is 0 Å². The van der Waals surface area contributed by atoms with E-state index < -0.39 is 11.4 Å². The molecule has 0 amide bonds. The maximum Gasteiger partial charge on any atom is 0.337 e. The maximum atomic E-state index is 14.8. The van der Waals surface area contributed by atoms with Crippen LogP contribution in [0.1, 0.15) is 58.2 Å². The van der Waals surface area contributed by atoms with Gasteiger partial charge in [0.15, 0.2) is 0 Å². The first-order chi connectivity index (χ1) is 21.9. The van der Waals surface area contributed by atoms with Gasteiger partial charge < -0.3 is 28.6 Å². The molecule has 3 aliphatic heterocycles. The molecule has 45 heavy (non-hydrogen) atoms. The molecule has 3 saturated heterocycles. The van der Waals surface area contributed by atoms with Crippen molar-refractivity contribution < 1.29 is 33.2 Å². The van der Waals surface area contributed by atoms with Gasteiger partial charge in [-0.1, -0.05) is 18.2 Å². The predicted octanol–water partition coefficient (Wildman–Crippen LogP) is 4.32. The third kappa shape index (κ3) is 6.17. The number of pyridine rings is 1. The standard InChI is InChI=1S/C34H37FN4O6/c1-42-33(40)23-6-8-29-30(15-23)39(17-26-11-14-44-26)31(36-29)18-38-12-9-22(10-13-38)28-3-2-4-32(37-28)45-19-24-5-7-25(16-27(24)35)34(41)20-43-21-34/h2-8,15-16,22,26,41H,9-14,17-21H2,1H3/t26-/m0/s1. The highest BCUT2D eigenvalue weighted by Gasteiger charge is 2.38. The molecule has 3 fully saturated rings. The Morgan fingerprint density at radius 1 is 1.09 bits per heavy atom. The monoisotopic (exact) mass is 616 g/mol. The Morgan fingerprint density at radius 3 is 2.60 bits per heavy atom. The summed E-state index contributed by atoms with van der Waals surface area (Å²) in [6.45, 7) is 4.36. The average Bonchev–Trinajstić information content (AvgIpc) is 3.36. The third-order valence-corrected chi connectivity index (χ3v) is 9.19. The lowest BCUT2D eigenvalue weighted by Crippen LogP contribution is -2.46. The molecular formula is C34H37FN4O6. The second kappa shape index (κ2) is 12.5. The highest BCUT2D eigenvalue weighted by molar-refractivity contribution is 5.93. The lowest BCUT2D eigenvalue weighted by atomic mass is 9.91. The number of hydrogen-bond acceptors (Lipinski definition) is 9. The number of carbonyl (C=O) groups is 1. The summed E-state index contributed by atoms with van der Waals surface area (Å²) in [5.74, 6) is 0.926. The number of ether oxygens (including phenoxy) is 4. The molecule has 0 aliphatic carbocycles. The molecule has 3 aliphatic rings. The van der Waals surface area contributed by atoms with Crippen molar-refractivity contribution in [2.75, 3.05) is 40.0 Å². The van der Waals surface area contributed by atoms with Gasteiger partial charge in [-0.3, -0.25) is 4.90 Å². The fourth-order valence-corrected chi connectivity index (χ4v) is 6.27. The zero-order valence-electron chi connectivity index (χ0n) is 25.3. The van der Waals surface area contributed by atoms with Crippen molar-refractivity contribution in [1.82, 2.24) is 19.4 Å². The van der Waals surface area contributed by atoms with Crippen molar-refractivity contribution >= 4 is 17.0 Å². The van der Waals surface area contributed by atoms with Gasteiger partial charge in [-0.25, -0.2) is 19.2 Å². The van der Waals surface area contributed by atoms with E-state index in [1.807, 2.05) is 24.3 Å². The van der Waals surface area contributed by atoms with Crippen molar-refractivity contribution in [3.8, 4) is 5.88 Å². The molecule has 0 unspecified atom stereocenters. The summed E-state index contributed by atoms with van der Waals surface area (Å²) >= 11 is 0. The van der Waals surface area contributed by atoms with Gasteiger partial charge in [-0.05, 0) is 68.2 Å². The van der Waals surface area contributed by atoms with E-state index in [0.29, 0.717) is 35.7 Å². The number of aliphatic hydroxyl groups is 1. The molecule has 7 rings (SSSR count). The number of fused-ring (bicyclic) bond motifs is 1. The highest BCUT2D eigenvalue weighted by atomic mass is 19.1. The number of likely N-dealkylation sites (tertiary alicyclic amines) is 1. The van der Waals surface area contributed by atoms with Gasteiger partial charge in [-0.15, -0.1) is 0 Å². The van der Waals surface area contributed by atoms with E-state index in [9.17, 15) is 14.3 Å². The molecule has 0 radical (unpaired) electrons. The van der Waals surface area contributed by atoms with Crippen LogP contribution >= 0.6 is 0 Å². The molecule has 0 spiro atoms. The molecule has 0 bridgehead atoms. The number of aromatic nitrogens is 3. The first-order valence-electron chi connectivity index (χ1n) is 15.5. The summed E-state index contributed by atoms with van der Waals surface area (Å²) < 4.78 is 38.6. The fraction of sp³-hybridized carbons (Fsp3) is 0.441. The summed E-state index contributed by atoms with van der Waals surface area (Å²) in [7, 11) is 1.39. The normalized spacial score (nSPS) is 20.0. The van der Waals surface area contributed by atoms with Crippen LogP contribution in [0.15, 0.2) is 54.6 Å². The molecule has 4 aromatic rings. The predicted molar refractivity (Wildman–Crippen MR) is 162 cm³/mol. The Labute approximate surface area is 260 Å². The molecule has 1 atom stereocenters. The second-order valence-electron chi connectivity index (χ2n) is 12.2. The van der Waals surface area contributed by atoms with Gasteiger partial charge in [-0.2, -0.15) is 0 Å².